The summed E-state index contributed by atoms with van der Waals surface area (Å²) in [6, 6.07) is 7.10. The maximum Gasteiger partial charge on any atom is 0.128 e. The molecule has 6 heteroatoms. The molecular formula is C14H16Cl2N4. The number of nitrogens with zero attached hydrogens (tertiary/aromatic N) is 1. The minimum absolute atomic E-state index is 0.207. The van der Waals surface area contributed by atoms with Crippen LogP contribution in [0, 0.1) is 6.92 Å². The molecule has 0 saturated heterocycles. The molecule has 2 aromatic rings. The maximum absolute atomic E-state index is 6.20. The number of aromatic nitrogens is 1. The second-order valence-electron chi connectivity index (χ2n) is 4.55. The van der Waals surface area contributed by atoms with Crippen molar-refractivity contribution in [1.82, 2.24) is 10.4 Å². The Morgan fingerprint density at radius 2 is 1.90 bits per heavy atom. The van der Waals surface area contributed by atoms with E-state index in [4.69, 9.17) is 34.8 Å². The van der Waals surface area contributed by atoms with Crippen LogP contribution in [0.15, 0.2) is 30.5 Å². The third-order valence-electron chi connectivity index (χ3n) is 3.26. The van der Waals surface area contributed by atoms with E-state index < -0.39 is 0 Å². The molecule has 0 aliphatic heterocycles. The van der Waals surface area contributed by atoms with Crippen molar-refractivity contribution in [2.45, 2.75) is 19.4 Å². The summed E-state index contributed by atoms with van der Waals surface area (Å²) in [5.41, 5.74) is 11.4. The van der Waals surface area contributed by atoms with Crippen LogP contribution in [0.1, 0.15) is 22.7 Å². The number of pyridine rings is 1. The molecule has 1 aromatic heterocycles. The summed E-state index contributed by atoms with van der Waals surface area (Å²) in [4.78, 5) is 4.11. The lowest BCUT2D eigenvalue weighted by Crippen LogP contribution is -2.31. The number of hydrogen-bond donors (Lipinski definition) is 3. The molecule has 1 heterocycles. The predicted molar refractivity (Wildman–Crippen MR) is 83.6 cm³/mol. The molecule has 0 aliphatic rings. The van der Waals surface area contributed by atoms with Gasteiger partial charge in [0, 0.05) is 21.8 Å². The number of nitrogens with one attached hydrogen (secondary N) is 1. The highest BCUT2D eigenvalue weighted by Crippen LogP contribution is 2.31. The van der Waals surface area contributed by atoms with Gasteiger partial charge in [0.15, 0.2) is 0 Å². The number of nitrogens with two attached hydrogens (primary N) is 2. The zero-order chi connectivity index (χ0) is 14.7. The highest BCUT2D eigenvalue weighted by atomic mass is 35.5. The number of benzene rings is 1. The summed E-state index contributed by atoms with van der Waals surface area (Å²) in [6.07, 6.45) is 2.20. The SMILES string of the molecule is Cc1ccnc(N)c1C(Cc1c(Cl)cccc1Cl)NN. The Morgan fingerprint density at radius 1 is 1.25 bits per heavy atom. The second-order valence-corrected chi connectivity index (χ2v) is 5.36. The molecule has 0 bridgehead atoms. The average Bonchev–Trinajstić information content (AvgIpc) is 2.40. The molecule has 0 aliphatic carbocycles. The van der Waals surface area contributed by atoms with Gasteiger partial charge in [-0.15, -0.1) is 0 Å². The van der Waals surface area contributed by atoms with Crippen LogP contribution in [0.25, 0.3) is 0 Å². The molecule has 0 radical (unpaired) electrons. The van der Waals surface area contributed by atoms with Gasteiger partial charge in [0.2, 0.25) is 0 Å². The van der Waals surface area contributed by atoms with Crippen molar-refractivity contribution in [2.24, 2.45) is 5.84 Å². The highest BCUT2D eigenvalue weighted by molar-refractivity contribution is 6.36. The molecule has 0 fully saturated rings. The molecule has 1 atom stereocenters. The van der Waals surface area contributed by atoms with E-state index in [1.807, 2.05) is 19.1 Å². The summed E-state index contributed by atoms with van der Waals surface area (Å²) in [5, 5.41) is 1.22. The van der Waals surface area contributed by atoms with Crippen molar-refractivity contribution in [3.8, 4) is 0 Å². The molecule has 20 heavy (non-hydrogen) atoms. The molecule has 4 nitrogen and oxygen atoms in total. The van der Waals surface area contributed by atoms with Gasteiger partial charge in [0.1, 0.15) is 5.82 Å². The highest BCUT2D eigenvalue weighted by Gasteiger charge is 2.19. The fraction of sp³-hybridized carbons (Fsp3) is 0.214. The molecule has 106 valence electrons. The number of nitrogen functional groups attached to an aromatic ring is 1. The zero-order valence-corrected chi connectivity index (χ0v) is 12.5. The van der Waals surface area contributed by atoms with Crippen molar-refractivity contribution in [3.63, 3.8) is 0 Å². The standard InChI is InChI=1S/C14H16Cl2N4/c1-8-5-6-19-14(17)13(8)12(20-18)7-9-10(15)3-2-4-11(9)16/h2-6,12,20H,7,18H2,1H3,(H2,17,19). The van der Waals surface area contributed by atoms with Crippen LogP contribution >= 0.6 is 23.2 Å². The first-order valence-electron chi connectivity index (χ1n) is 6.14. The van der Waals surface area contributed by atoms with E-state index in [1.165, 1.54) is 0 Å². The van der Waals surface area contributed by atoms with E-state index >= 15 is 0 Å². The zero-order valence-electron chi connectivity index (χ0n) is 11.0. The van der Waals surface area contributed by atoms with Crippen LogP contribution in [-0.2, 0) is 6.42 Å². The number of hydrazine groups is 1. The molecule has 1 unspecified atom stereocenters. The Balaban J connectivity index is 2.39. The van der Waals surface area contributed by atoms with E-state index in [0.29, 0.717) is 22.3 Å². The predicted octanol–water partition coefficient (Wildman–Crippen LogP) is 3.03. The summed E-state index contributed by atoms with van der Waals surface area (Å²) in [7, 11) is 0. The van der Waals surface area contributed by atoms with Gasteiger partial charge >= 0.3 is 0 Å². The lowest BCUT2D eigenvalue weighted by atomic mass is 9.96. The number of anilines is 1. The van der Waals surface area contributed by atoms with E-state index in [9.17, 15) is 0 Å². The van der Waals surface area contributed by atoms with Crippen molar-refractivity contribution in [2.75, 3.05) is 5.73 Å². The second kappa shape index (κ2) is 6.41. The van der Waals surface area contributed by atoms with Crippen LogP contribution in [0.4, 0.5) is 5.82 Å². The third-order valence-corrected chi connectivity index (χ3v) is 3.97. The summed E-state index contributed by atoms with van der Waals surface area (Å²) >= 11 is 12.4. The fourth-order valence-corrected chi connectivity index (χ4v) is 2.77. The molecule has 0 amide bonds. The van der Waals surface area contributed by atoms with Crippen molar-refractivity contribution < 1.29 is 0 Å². The van der Waals surface area contributed by atoms with E-state index in [1.54, 1.807) is 18.3 Å². The van der Waals surface area contributed by atoms with Crippen LogP contribution < -0.4 is 17.0 Å². The van der Waals surface area contributed by atoms with Gasteiger partial charge < -0.3 is 5.73 Å². The Bertz CT molecular complexity index is 576. The molecule has 2 rings (SSSR count). The normalized spacial score (nSPS) is 12.4. The quantitative estimate of drug-likeness (QED) is 0.599. The van der Waals surface area contributed by atoms with Gasteiger partial charge in [-0.3, -0.25) is 11.3 Å². The molecular weight excluding hydrogens is 295 g/mol. The minimum atomic E-state index is -0.207. The third kappa shape index (κ3) is 3.04. The molecule has 0 saturated carbocycles. The molecule has 0 spiro atoms. The summed E-state index contributed by atoms with van der Waals surface area (Å²) < 4.78 is 0. The fourth-order valence-electron chi connectivity index (χ4n) is 2.22. The first kappa shape index (κ1) is 15.1. The Hall–Kier alpha value is -1.33. The largest absolute Gasteiger partial charge is 0.383 e. The topological polar surface area (TPSA) is 77.0 Å². The van der Waals surface area contributed by atoms with E-state index in [0.717, 1.165) is 16.7 Å². The van der Waals surface area contributed by atoms with Crippen LogP contribution in [-0.4, -0.2) is 4.98 Å². The lowest BCUT2D eigenvalue weighted by molar-refractivity contribution is 0.549. The first-order valence-corrected chi connectivity index (χ1v) is 6.90. The van der Waals surface area contributed by atoms with Gasteiger partial charge in [-0.2, -0.15) is 0 Å². The van der Waals surface area contributed by atoms with Crippen molar-refractivity contribution >= 4 is 29.0 Å². The van der Waals surface area contributed by atoms with Crippen molar-refractivity contribution in [3.05, 3.63) is 57.2 Å². The van der Waals surface area contributed by atoms with Crippen LogP contribution in [0.5, 0.6) is 0 Å². The Kier molecular flexibility index (Phi) is 4.83. The molecule has 5 N–H and O–H groups in total. The monoisotopic (exact) mass is 310 g/mol. The first-order chi connectivity index (χ1) is 9.54. The number of hydrogen-bond acceptors (Lipinski definition) is 4. The van der Waals surface area contributed by atoms with Gasteiger partial charge in [-0.05, 0) is 42.7 Å². The smallest absolute Gasteiger partial charge is 0.128 e. The Morgan fingerprint density at radius 3 is 2.45 bits per heavy atom. The van der Waals surface area contributed by atoms with Gasteiger partial charge in [0.05, 0.1) is 6.04 Å². The number of aryl methyl sites for hydroxylation is 1. The minimum Gasteiger partial charge on any atom is -0.383 e. The van der Waals surface area contributed by atoms with E-state index in [-0.39, 0.29) is 6.04 Å². The van der Waals surface area contributed by atoms with Crippen LogP contribution in [0.3, 0.4) is 0 Å². The van der Waals surface area contributed by atoms with Crippen molar-refractivity contribution in [1.29, 1.82) is 0 Å². The van der Waals surface area contributed by atoms with Gasteiger partial charge in [-0.1, -0.05) is 29.3 Å². The maximum atomic E-state index is 6.20. The lowest BCUT2D eigenvalue weighted by Gasteiger charge is -2.21. The summed E-state index contributed by atoms with van der Waals surface area (Å²) in [6.45, 7) is 1.96. The van der Waals surface area contributed by atoms with Crippen LogP contribution in [0.2, 0.25) is 10.0 Å². The molecule has 1 aromatic carbocycles. The van der Waals surface area contributed by atoms with Gasteiger partial charge in [-0.25, -0.2) is 4.98 Å². The average molecular weight is 311 g/mol. The Labute approximate surface area is 128 Å². The number of rotatable bonds is 4. The summed E-state index contributed by atoms with van der Waals surface area (Å²) in [5.74, 6) is 6.13. The van der Waals surface area contributed by atoms with E-state index in [2.05, 4.69) is 10.4 Å². The number of halogens is 2. The van der Waals surface area contributed by atoms with Gasteiger partial charge in [0.25, 0.3) is 0 Å².